The molecule has 0 fully saturated rings. The second kappa shape index (κ2) is 9.33. The van der Waals surface area contributed by atoms with Gasteiger partial charge in [0.25, 0.3) is 0 Å². The molecule has 0 aromatic heterocycles. The van der Waals surface area contributed by atoms with Gasteiger partial charge in [0.1, 0.15) is 12.4 Å². The molecule has 0 amide bonds. The molecule has 1 N–H and O–H groups in total. The third-order valence-electron chi connectivity index (χ3n) is 4.17. The van der Waals surface area contributed by atoms with Crippen molar-refractivity contribution in [2.24, 2.45) is 0 Å². The number of hydrogen-bond acceptors (Lipinski definition) is 4. The van der Waals surface area contributed by atoms with Crippen molar-refractivity contribution in [3.63, 3.8) is 0 Å². The molecule has 0 radical (unpaired) electrons. The van der Waals surface area contributed by atoms with Crippen LogP contribution in [-0.2, 0) is 13.2 Å². The van der Waals surface area contributed by atoms with Crippen LogP contribution in [0.1, 0.15) is 11.1 Å². The van der Waals surface area contributed by atoms with E-state index in [1.165, 1.54) is 0 Å². The highest BCUT2D eigenvalue weighted by atomic mass is 79.9. The molecular weight excluding hydrogens is 406 g/mol. The average molecular weight is 428 g/mol. The van der Waals surface area contributed by atoms with Crippen molar-refractivity contribution >= 4 is 21.6 Å². The maximum Gasteiger partial charge on any atom is 0.167 e. The van der Waals surface area contributed by atoms with Gasteiger partial charge in [-0.05, 0) is 42.0 Å². The molecule has 0 spiro atoms. The van der Waals surface area contributed by atoms with Crippen LogP contribution >= 0.6 is 15.9 Å². The fourth-order valence-corrected chi connectivity index (χ4v) is 3.15. The maximum absolute atomic E-state index is 6.14. The van der Waals surface area contributed by atoms with E-state index in [0.29, 0.717) is 18.9 Å². The minimum Gasteiger partial charge on any atom is -0.497 e. The summed E-state index contributed by atoms with van der Waals surface area (Å²) in [6, 6.07) is 21.8. The van der Waals surface area contributed by atoms with Gasteiger partial charge in [-0.2, -0.15) is 0 Å². The molecule has 0 heterocycles. The molecule has 3 aromatic carbocycles. The van der Waals surface area contributed by atoms with Gasteiger partial charge in [0.2, 0.25) is 0 Å². The van der Waals surface area contributed by atoms with Crippen molar-refractivity contribution in [2.75, 3.05) is 19.5 Å². The Hall–Kier alpha value is -2.66. The van der Waals surface area contributed by atoms with E-state index in [1.807, 2.05) is 66.7 Å². The molecule has 0 aliphatic rings. The van der Waals surface area contributed by atoms with Gasteiger partial charge in [-0.1, -0.05) is 46.3 Å². The zero-order valence-electron chi connectivity index (χ0n) is 15.4. The van der Waals surface area contributed by atoms with Crippen LogP contribution in [0.2, 0.25) is 0 Å². The number of methoxy groups -OCH3 is 2. The molecule has 0 bridgehead atoms. The van der Waals surface area contributed by atoms with Crippen LogP contribution in [0.4, 0.5) is 5.69 Å². The molecule has 0 aliphatic heterocycles. The Morgan fingerprint density at radius 2 is 1.59 bits per heavy atom. The monoisotopic (exact) mass is 427 g/mol. The Labute approximate surface area is 168 Å². The second-order valence-corrected chi connectivity index (χ2v) is 6.77. The maximum atomic E-state index is 6.14. The van der Waals surface area contributed by atoms with Gasteiger partial charge < -0.3 is 19.5 Å². The number of anilines is 1. The highest BCUT2D eigenvalue weighted by Crippen LogP contribution is 2.37. The summed E-state index contributed by atoms with van der Waals surface area (Å²) < 4.78 is 17.8. The van der Waals surface area contributed by atoms with Crippen LogP contribution in [0.3, 0.4) is 0 Å². The highest BCUT2D eigenvalue weighted by Gasteiger charge is 2.15. The van der Waals surface area contributed by atoms with Crippen molar-refractivity contribution in [3.8, 4) is 17.2 Å². The topological polar surface area (TPSA) is 39.7 Å². The van der Waals surface area contributed by atoms with Crippen molar-refractivity contribution in [1.29, 1.82) is 0 Å². The largest absolute Gasteiger partial charge is 0.497 e. The Kier molecular flexibility index (Phi) is 6.60. The first-order valence-electron chi connectivity index (χ1n) is 8.61. The molecule has 140 valence electrons. The summed E-state index contributed by atoms with van der Waals surface area (Å²) in [5.41, 5.74) is 3.11. The first-order chi connectivity index (χ1) is 13.2. The third kappa shape index (κ3) is 4.95. The molecule has 0 unspecified atom stereocenters. The number of nitrogens with one attached hydrogen (secondary N) is 1. The third-order valence-corrected chi connectivity index (χ3v) is 4.92. The molecule has 0 saturated carbocycles. The van der Waals surface area contributed by atoms with E-state index in [1.54, 1.807) is 14.2 Å². The quantitative estimate of drug-likeness (QED) is 0.503. The SMILES string of the molecule is COc1ccc(NCc2c(Br)ccc(OC)c2OCc2ccccc2)cc1. The Morgan fingerprint density at radius 3 is 2.26 bits per heavy atom. The minimum atomic E-state index is 0.475. The molecule has 3 rings (SSSR count). The lowest BCUT2D eigenvalue weighted by molar-refractivity contribution is 0.281. The van der Waals surface area contributed by atoms with Gasteiger partial charge in [-0.25, -0.2) is 0 Å². The van der Waals surface area contributed by atoms with E-state index in [0.717, 1.165) is 32.8 Å². The summed E-state index contributed by atoms with van der Waals surface area (Å²) in [4.78, 5) is 0. The summed E-state index contributed by atoms with van der Waals surface area (Å²) in [5, 5.41) is 3.42. The molecule has 0 saturated heterocycles. The van der Waals surface area contributed by atoms with E-state index in [9.17, 15) is 0 Å². The van der Waals surface area contributed by atoms with Gasteiger partial charge >= 0.3 is 0 Å². The van der Waals surface area contributed by atoms with Crippen LogP contribution in [-0.4, -0.2) is 14.2 Å². The normalized spacial score (nSPS) is 10.3. The predicted octanol–water partition coefficient (Wildman–Crippen LogP) is 5.66. The zero-order valence-corrected chi connectivity index (χ0v) is 17.0. The fourth-order valence-electron chi connectivity index (χ4n) is 2.70. The van der Waals surface area contributed by atoms with Crippen molar-refractivity contribution in [3.05, 3.63) is 82.3 Å². The lowest BCUT2D eigenvalue weighted by atomic mass is 10.1. The average Bonchev–Trinajstić information content (AvgIpc) is 2.72. The smallest absolute Gasteiger partial charge is 0.167 e. The van der Waals surface area contributed by atoms with Gasteiger partial charge in [-0.3, -0.25) is 0 Å². The number of halogens is 1. The van der Waals surface area contributed by atoms with Crippen molar-refractivity contribution in [2.45, 2.75) is 13.2 Å². The summed E-state index contributed by atoms with van der Waals surface area (Å²) in [6.45, 7) is 1.07. The molecule has 27 heavy (non-hydrogen) atoms. The summed E-state index contributed by atoms with van der Waals surface area (Å²) in [6.07, 6.45) is 0. The van der Waals surface area contributed by atoms with E-state index in [4.69, 9.17) is 14.2 Å². The van der Waals surface area contributed by atoms with Crippen LogP contribution < -0.4 is 19.5 Å². The van der Waals surface area contributed by atoms with Gasteiger partial charge in [0.15, 0.2) is 11.5 Å². The molecule has 5 heteroatoms. The summed E-state index contributed by atoms with van der Waals surface area (Å²) >= 11 is 3.64. The van der Waals surface area contributed by atoms with Crippen LogP contribution in [0.5, 0.6) is 17.2 Å². The standard InChI is InChI=1S/C22H22BrNO3/c1-25-18-10-8-17(9-11-18)24-14-19-20(23)12-13-21(26-2)22(19)27-15-16-6-4-3-5-7-16/h3-13,24H,14-15H2,1-2H3. The number of benzene rings is 3. The number of rotatable bonds is 8. The first-order valence-corrected chi connectivity index (χ1v) is 9.40. The first kappa shape index (κ1) is 19.1. The molecular formula is C22H22BrNO3. The Morgan fingerprint density at radius 1 is 0.852 bits per heavy atom. The Bertz CT molecular complexity index is 867. The zero-order chi connectivity index (χ0) is 19.1. The second-order valence-electron chi connectivity index (χ2n) is 5.91. The van der Waals surface area contributed by atoms with E-state index in [-0.39, 0.29) is 0 Å². The summed E-state index contributed by atoms with van der Waals surface area (Å²) in [5.74, 6) is 2.27. The molecule has 0 atom stereocenters. The highest BCUT2D eigenvalue weighted by molar-refractivity contribution is 9.10. The lowest BCUT2D eigenvalue weighted by Gasteiger charge is -2.18. The van der Waals surface area contributed by atoms with Gasteiger partial charge in [-0.15, -0.1) is 0 Å². The van der Waals surface area contributed by atoms with Crippen molar-refractivity contribution < 1.29 is 14.2 Å². The van der Waals surface area contributed by atoms with E-state index >= 15 is 0 Å². The van der Waals surface area contributed by atoms with E-state index < -0.39 is 0 Å². The minimum absolute atomic E-state index is 0.475. The number of hydrogen-bond donors (Lipinski definition) is 1. The molecule has 0 aliphatic carbocycles. The lowest BCUT2D eigenvalue weighted by Crippen LogP contribution is -2.06. The summed E-state index contributed by atoms with van der Waals surface area (Å²) in [7, 11) is 3.31. The molecule has 3 aromatic rings. The molecule has 4 nitrogen and oxygen atoms in total. The van der Waals surface area contributed by atoms with Gasteiger partial charge in [0, 0.05) is 22.3 Å². The predicted molar refractivity (Wildman–Crippen MR) is 112 cm³/mol. The van der Waals surface area contributed by atoms with Crippen molar-refractivity contribution in [1.82, 2.24) is 0 Å². The van der Waals surface area contributed by atoms with Crippen LogP contribution in [0, 0.1) is 0 Å². The fraction of sp³-hybridized carbons (Fsp3) is 0.182. The van der Waals surface area contributed by atoms with Crippen LogP contribution in [0.25, 0.3) is 0 Å². The van der Waals surface area contributed by atoms with Crippen LogP contribution in [0.15, 0.2) is 71.2 Å². The number of ether oxygens (including phenoxy) is 3. The Balaban J connectivity index is 1.79. The van der Waals surface area contributed by atoms with E-state index in [2.05, 4.69) is 21.2 Å². The van der Waals surface area contributed by atoms with Gasteiger partial charge in [0.05, 0.1) is 14.2 Å².